The van der Waals surface area contributed by atoms with Crippen LogP contribution in [0.1, 0.15) is 18.4 Å². The molecule has 122 valence electrons. The normalized spacial score (nSPS) is 19.4. The molecule has 1 aromatic carbocycles. The molecule has 1 atom stereocenters. The lowest BCUT2D eigenvalue weighted by Crippen LogP contribution is -2.44. The Morgan fingerprint density at radius 1 is 1.13 bits per heavy atom. The molecule has 0 radical (unpaired) electrons. The van der Waals surface area contributed by atoms with Gasteiger partial charge in [0.2, 0.25) is 10.0 Å². The van der Waals surface area contributed by atoms with E-state index >= 15 is 0 Å². The maximum Gasteiger partial charge on any atom is 0.316 e. The zero-order valence-electron chi connectivity index (χ0n) is 12.7. The minimum Gasteiger partial charge on any atom is -0.459 e. The summed E-state index contributed by atoms with van der Waals surface area (Å²) in [6.07, 6.45) is 4.57. The molecular weight excluding hydrogens is 314 g/mol. The first-order valence-corrected chi connectivity index (χ1v) is 9.20. The van der Waals surface area contributed by atoms with Crippen LogP contribution >= 0.6 is 0 Å². The summed E-state index contributed by atoms with van der Waals surface area (Å²) in [5, 5.41) is 0. The summed E-state index contributed by atoms with van der Waals surface area (Å²) in [5.41, 5.74) is 0.793. The summed E-state index contributed by atoms with van der Waals surface area (Å²) in [6, 6.07) is 11.2. The molecular formula is C16H19N3O3S. The Morgan fingerprint density at radius 2 is 1.87 bits per heavy atom. The number of hydrogen-bond acceptors (Lipinski definition) is 5. The molecule has 0 saturated carbocycles. The maximum absolute atomic E-state index is 12.6. The van der Waals surface area contributed by atoms with Crippen molar-refractivity contribution in [2.24, 2.45) is 0 Å². The number of benzene rings is 1. The number of rotatable bonds is 5. The monoisotopic (exact) mass is 333 g/mol. The Kier molecular flexibility index (Phi) is 4.88. The van der Waals surface area contributed by atoms with Gasteiger partial charge < -0.3 is 4.74 Å². The lowest BCUT2D eigenvalue weighted by molar-refractivity contribution is 0.119. The number of aromatic nitrogens is 2. The van der Waals surface area contributed by atoms with Crippen LogP contribution in [0.25, 0.3) is 0 Å². The van der Waals surface area contributed by atoms with Crippen molar-refractivity contribution >= 4 is 10.0 Å². The summed E-state index contributed by atoms with van der Waals surface area (Å²) in [6.45, 7) is 0.873. The number of piperidine rings is 1. The van der Waals surface area contributed by atoms with E-state index in [1.54, 1.807) is 18.5 Å². The van der Waals surface area contributed by atoms with E-state index in [1.807, 2.05) is 30.3 Å². The van der Waals surface area contributed by atoms with Gasteiger partial charge in [0.15, 0.2) is 0 Å². The lowest BCUT2D eigenvalue weighted by atomic mass is 10.1. The predicted molar refractivity (Wildman–Crippen MR) is 86.3 cm³/mol. The number of sulfonamides is 1. The van der Waals surface area contributed by atoms with Gasteiger partial charge in [0.05, 0.1) is 12.3 Å². The van der Waals surface area contributed by atoms with Crippen LogP contribution in [0.15, 0.2) is 48.8 Å². The maximum atomic E-state index is 12.6. The molecule has 1 unspecified atom stereocenters. The number of nitrogens with zero attached hydrogens (tertiary/aromatic N) is 3. The molecule has 7 heteroatoms. The molecule has 1 saturated heterocycles. The van der Waals surface area contributed by atoms with Crippen molar-refractivity contribution in [2.75, 3.05) is 13.1 Å². The number of ether oxygens (including phenoxy) is 1. The van der Waals surface area contributed by atoms with E-state index in [4.69, 9.17) is 4.74 Å². The van der Waals surface area contributed by atoms with Gasteiger partial charge in [-0.05, 0) is 24.5 Å². The van der Waals surface area contributed by atoms with Gasteiger partial charge >= 0.3 is 6.01 Å². The molecule has 23 heavy (non-hydrogen) atoms. The topological polar surface area (TPSA) is 72.4 Å². The Hall–Kier alpha value is -1.99. The minimum atomic E-state index is -3.35. The fourth-order valence-corrected chi connectivity index (χ4v) is 4.22. The summed E-state index contributed by atoms with van der Waals surface area (Å²) in [5.74, 6) is 0.0163. The van der Waals surface area contributed by atoms with Crippen molar-refractivity contribution in [3.05, 3.63) is 54.4 Å². The smallest absolute Gasteiger partial charge is 0.316 e. The fraction of sp³-hybridized carbons (Fsp3) is 0.375. The van der Waals surface area contributed by atoms with E-state index in [2.05, 4.69) is 9.97 Å². The number of hydrogen-bond donors (Lipinski definition) is 0. The average molecular weight is 333 g/mol. The second-order valence-electron chi connectivity index (χ2n) is 5.51. The molecule has 2 aromatic rings. The molecule has 0 N–H and O–H groups in total. The SMILES string of the molecule is O=S(=O)(Cc1ccccc1)N1CCCC(Oc2ncccn2)C1. The van der Waals surface area contributed by atoms with Crippen LogP contribution in [0.3, 0.4) is 0 Å². The van der Waals surface area contributed by atoms with Crippen LogP contribution in [0.5, 0.6) is 6.01 Å². The third-order valence-electron chi connectivity index (χ3n) is 3.74. The largest absolute Gasteiger partial charge is 0.459 e. The highest BCUT2D eigenvalue weighted by Gasteiger charge is 2.30. The summed E-state index contributed by atoms with van der Waals surface area (Å²) in [7, 11) is -3.35. The highest BCUT2D eigenvalue weighted by molar-refractivity contribution is 7.88. The Labute approximate surface area is 136 Å². The van der Waals surface area contributed by atoms with Gasteiger partial charge in [-0.3, -0.25) is 0 Å². The van der Waals surface area contributed by atoms with Crippen molar-refractivity contribution in [1.82, 2.24) is 14.3 Å². The van der Waals surface area contributed by atoms with Crippen LogP contribution in [0.2, 0.25) is 0 Å². The Balaban J connectivity index is 1.65. The molecule has 3 rings (SSSR count). The summed E-state index contributed by atoms with van der Waals surface area (Å²) in [4.78, 5) is 8.05. The standard InChI is InChI=1S/C16H19N3O3S/c20-23(21,13-14-6-2-1-3-7-14)19-11-4-8-15(12-19)22-16-17-9-5-10-18-16/h1-3,5-7,9-10,15H,4,8,11-13H2. The minimum absolute atomic E-state index is 0.0163. The van der Waals surface area contributed by atoms with Gasteiger partial charge in [0.25, 0.3) is 0 Å². The van der Waals surface area contributed by atoms with Gasteiger partial charge in [-0.2, -0.15) is 4.31 Å². The van der Waals surface area contributed by atoms with Crippen molar-refractivity contribution < 1.29 is 13.2 Å². The van der Waals surface area contributed by atoms with Crippen molar-refractivity contribution in [3.63, 3.8) is 0 Å². The van der Waals surface area contributed by atoms with E-state index in [-0.39, 0.29) is 11.9 Å². The van der Waals surface area contributed by atoms with E-state index in [0.29, 0.717) is 19.1 Å². The Morgan fingerprint density at radius 3 is 2.61 bits per heavy atom. The van der Waals surface area contributed by atoms with Gasteiger partial charge in [0, 0.05) is 18.9 Å². The van der Waals surface area contributed by atoms with Gasteiger partial charge in [-0.1, -0.05) is 30.3 Å². The van der Waals surface area contributed by atoms with Gasteiger partial charge in [-0.15, -0.1) is 0 Å². The molecule has 1 aromatic heterocycles. The molecule has 0 bridgehead atoms. The van der Waals surface area contributed by atoms with Crippen molar-refractivity contribution in [2.45, 2.75) is 24.7 Å². The highest BCUT2D eigenvalue weighted by Crippen LogP contribution is 2.20. The van der Waals surface area contributed by atoms with Crippen LogP contribution in [-0.2, 0) is 15.8 Å². The van der Waals surface area contributed by atoms with E-state index < -0.39 is 10.0 Å². The quantitative estimate of drug-likeness (QED) is 0.835. The molecule has 1 aliphatic heterocycles. The van der Waals surface area contributed by atoms with Crippen molar-refractivity contribution in [3.8, 4) is 6.01 Å². The molecule has 2 heterocycles. The zero-order chi connectivity index (χ0) is 16.1. The van der Waals surface area contributed by atoms with E-state index in [0.717, 1.165) is 18.4 Å². The van der Waals surface area contributed by atoms with E-state index in [1.165, 1.54) is 4.31 Å². The third kappa shape index (κ3) is 4.27. The second kappa shape index (κ2) is 7.06. The second-order valence-corrected chi connectivity index (χ2v) is 7.48. The highest BCUT2D eigenvalue weighted by atomic mass is 32.2. The molecule has 6 nitrogen and oxygen atoms in total. The van der Waals surface area contributed by atoms with Crippen LogP contribution in [0, 0.1) is 0 Å². The molecule has 0 spiro atoms. The zero-order valence-corrected chi connectivity index (χ0v) is 13.5. The summed E-state index contributed by atoms with van der Waals surface area (Å²) < 4.78 is 32.4. The Bertz CT molecular complexity index is 723. The molecule has 1 fully saturated rings. The van der Waals surface area contributed by atoms with E-state index in [9.17, 15) is 8.42 Å². The van der Waals surface area contributed by atoms with Crippen LogP contribution in [0.4, 0.5) is 0 Å². The van der Waals surface area contributed by atoms with Crippen molar-refractivity contribution in [1.29, 1.82) is 0 Å². The first-order valence-electron chi connectivity index (χ1n) is 7.59. The average Bonchev–Trinajstić information content (AvgIpc) is 2.57. The molecule has 0 amide bonds. The van der Waals surface area contributed by atoms with Crippen LogP contribution < -0.4 is 4.74 Å². The fourth-order valence-electron chi connectivity index (χ4n) is 2.63. The summed E-state index contributed by atoms with van der Waals surface area (Å²) >= 11 is 0. The third-order valence-corrected chi connectivity index (χ3v) is 5.56. The van der Waals surface area contributed by atoms with Gasteiger partial charge in [0.1, 0.15) is 6.10 Å². The molecule has 1 aliphatic rings. The lowest BCUT2D eigenvalue weighted by Gasteiger charge is -2.31. The van der Waals surface area contributed by atoms with Gasteiger partial charge in [-0.25, -0.2) is 18.4 Å². The first kappa shape index (κ1) is 15.9. The predicted octanol–water partition coefficient (Wildman–Crippen LogP) is 1.85. The first-order chi connectivity index (χ1) is 11.1. The molecule has 0 aliphatic carbocycles. The van der Waals surface area contributed by atoms with Crippen LogP contribution in [-0.4, -0.2) is 41.9 Å².